The predicted octanol–water partition coefficient (Wildman–Crippen LogP) is 4.56. The number of aryl methyl sites for hydroxylation is 2. The van der Waals surface area contributed by atoms with Crippen molar-refractivity contribution in [3.63, 3.8) is 0 Å². The van der Waals surface area contributed by atoms with E-state index in [1.165, 1.54) is 20.9 Å². The summed E-state index contributed by atoms with van der Waals surface area (Å²) in [6.45, 7) is 4.17. The van der Waals surface area contributed by atoms with Crippen molar-refractivity contribution in [3.8, 4) is 11.5 Å². The van der Waals surface area contributed by atoms with E-state index in [1.807, 2.05) is 0 Å². The average molecular weight is 228 g/mol. The van der Waals surface area contributed by atoms with E-state index in [2.05, 4.69) is 50.2 Å². The lowest BCUT2D eigenvalue weighted by atomic mass is 10.2. The van der Waals surface area contributed by atoms with Crippen molar-refractivity contribution < 1.29 is 4.74 Å². The Hall–Kier alpha value is -1.41. The molecule has 2 heteroatoms. The molecule has 1 aliphatic heterocycles. The Morgan fingerprint density at radius 3 is 2.75 bits per heavy atom. The van der Waals surface area contributed by atoms with E-state index in [-0.39, 0.29) is 0 Å². The Kier molecular flexibility index (Phi) is 2.18. The van der Waals surface area contributed by atoms with E-state index < -0.39 is 0 Å². The zero-order valence-electron chi connectivity index (χ0n) is 9.28. The van der Waals surface area contributed by atoms with Crippen molar-refractivity contribution in [2.75, 3.05) is 0 Å². The molecule has 1 nitrogen and oxygen atoms in total. The van der Waals surface area contributed by atoms with Gasteiger partial charge in [-0.25, -0.2) is 0 Å². The SMILES string of the molecule is Cc1ccc2c(c1)Oc1c(C)cccc1S2. The van der Waals surface area contributed by atoms with Crippen LogP contribution in [0, 0.1) is 13.8 Å². The molecule has 16 heavy (non-hydrogen) atoms. The monoisotopic (exact) mass is 228 g/mol. The van der Waals surface area contributed by atoms with Gasteiger partial charge in [0.2, 0.25) is 0 Å². The van der Waals surface area contributed by atoms with Crippen LogP contribution in [-0.4, -0.2) is 0 Å². The van der Waals surface area contributed by atoms with Crippen molar-refractivity contribution in [1.29, 1.82) is 0 Å². The molecule has 80 valence electrons. The van der Waals surface area contributed by atoms with Crippen LogP contribution in [0.2, 0.25) is 0 Å². The van der Waals surface area contributed by atoms with Gasteiger partial charge >= 0.3 is 0 Å². The normalized spacial score (nSPS) is 12.6. The second-order valence-electron chi connectivity index (χ2n) is 4.06. The molecule has 0 saturated carbocycles. The number of rotatable bonds is 0. The quantitative estimate of drug-likeness (QED) is 0.558. The van der Waals surface area contributed by atoms with E-state index in [4.69, 9.17) is 4.74 Å². The second-order valence-corrected chi connectivity index (χ2v) is 5.14. The van der Waals surface area contributed by atoms with E-state index in [9.17, 15) is 0 Å². The number of hydrogen-bond donors (Lipinski definition) is 0. The van der Waals surface area contributed by atoms with Crippen molar-refractivity contribution in [3.05, 3.63) is 47.5 Å². The first kappa shape index (κ1) is 9.79. The third kappa shape index (κ3) is 1.50. The molecule has 2 aromatic carbocycles. The Bertz CT molecular complexity index is 561. The van der Waals surface area contributed by atoms with Gasteiger partial charge in [0.1, 0.15) is 11.5 Å². The van der Waals surface area contributed by atoms with Crippen LogP contribution >= 0.6 is 11.8 Å². The molecule has 1 aliphatic rings. The highest BCUT2D eigenvalue weighted by atomic mass is 32.2. The molecule has 0 bridgehead atoms. The zero-order valence-corrected chi connectivity index (χ0v) is 10.1. The summed E-state index contributed by atoms with van der Waals surface area (Å²) in [5.41, 5.74) is 2.42. The lowest BCUT2D eigenvalue weighted by molar-refractivity contribution is 0.450. The van der Waals surface area contributed by atoms with Gasteiger partial charge in [-0.05, 0) is 43.2 Å². The number of fused-ring (bicyclic) bond motifs is 2. The summed E-state index contributed by atoms with van der Waals surface area (Å²) in [7, 11) is 0. The van der Waals surface area contributed by atoms with Crippen LogP contribution in [0.1, 0.15) is 11.1 Å². The molecule has 0 fully saturated rings. The predicted molar refractivity (Wildman–Crippen MR) is 66.6 cm³/mol. The minimum absolute atomic E-state index is 0.979. The maximum atomic E-state index is 5.97. The van der Waals surface area contributed by atoms with E-state index in [1.54, 1.807) is 11.8 Å². The van der Waals surface area contributed by atoms with Crippen LogP contribution in [-0.2, 0) is 0 Å². The van der Waals surface area contributed by atoms with Gasteiger partial charge in [0.05, 0.1) is 9.79 Å². The van der Waals surface area contributed by atoms with Crippen molar-refractivity contribution in [2.24, 2.45) is 0 Å². The molecule has 0 amide bonds. The largest absolute Gasteiger partial charge is 0.455 e. The lowest BCUT2D eigenvalue weighted by Gasteiger charge is -2.21. The molecule has 0 aliphatic carbocycles. The number of hydrogen-bond acceptors (Lipinski definition) is 2. The highest BCUT2D eigenvalue weighted by molar-refractivity contribution is 7.99. The van der Waals surface area contributed by atoms with E-state index >= 15 is 0 Å². The van der Waals surface area contributed by atoms with Gasteiger partial charge in [-0.3, -0.25) is 0 Å². The standard InChI is InChI=1S/C14H12OS/c1-9-6-7-12-11(8-9)15-14-10(2)4-3-5-13(14)16-12/h3-8H,1-2H3. The second kappa shape index (κ2) is 3.56. The summed E-state index contributed by atoms with van der Waals surface area (Å²) in [5, 5.41) is 0. The fourth-order valence-corrected chi connectivity index (χ4v) is 2.86. The minimum atomic E-state index is 0.979. The van der Waals surface area contributed by atoms with Crippen LogP contribution in [0.15, 0.2) is 46.2 Å². The first-order chi connectivity index (χ1) is 7.74. The van der Waals surface area contributed by atoms with E-state index in [0.717, 1.165) is 11.5 Å². The van der Waals surface area contributed by atoms with Crippen LogP contribution in [0.5, 0.6) is 11.5 Å². The van der Waals surface area contributed by atoms with Crippen molar-refractivity contribution in [2.45, 2.75) is 23.6 Å². The van der Waals surface area contributed by atoms with Gasteiger partial charge in [-0.1, -0.05) is 30.0 Å². The van der Waals surface area contributed by atoms with Crippen LogP contribution in [0.25, 0.3) is 0 Å². The van der Waals surface area contributed by atoms with Gasteiger partial charge in [0.15, 0.2) is 0 Å². The number of para-hydroxylation sites is 1. The summed E-state index contributed by atoms with van der Waals surface area (Å²) in [5.74, 6) is 1.98. The Morgan fingerprint density at radius 2 is 1.88 bits per heavy atom. The number of benzene rings is 2. The Labute approximate surface area is 99.4 Å². The molecule has 3 rings (SSSR count). The average Bonchev–Trinajstić information content (AvgIpc) is 2.28. The first-order valence-electron chi connectivity index (χ1n) is 5.30. The lowest BCUT2D eigenvalue weighted by Crippen LogP contribution is -1.97. The fraction of sp³-hybridized carbons (Fsp3) is 0.143. The zero-order chi connectivity index (χ0) is 11.1. The first-order valence-corrected chi connectivity index (χ1v) is 6.12. The van der Waals surface area contributed by atoms with Gasteiger partial charge in [-0.2, -0.15) is 0 Å². The molecule has 1 heterocycles. The maximum absolute atomic E-state index is 5.97. The third-order valence-corrected chi connectivity index (χ3v) is 3.81. The highest BCUT2D eigenvalue weighted by Crippen LogP contribution is 2.48. The Balaban J connectivity index is 2.13. The molecule has 0 atom stereocenters. The molecule has 0 aromatic heterocycles. The van der Waals surface area contributed by atoms with E-state index in [0.29, 0.717) is 0 Å². The molecular formula is C14H12OS. The molecule has 0 spiro atoms. The third-order valence-electron chi connectivity index (χ3n) is 2.71. The molecular weight excluding hydrogens is 216 g/mol. The van der Waals surface area contributed by atoms with Crippen LogP contribution < -0.4 is 4.74 Å². The van der Waals surface area contributed by atoms with Gasteiger partial charge in [0.25, 0.3) is 0 Å². The molecule has 0 unspecified atom stereocenters. The maximum Gasteiger partial charge on any atom is 0.144 e. The van der Waals surface area contributed by atoms with Gasteiger partial charge in [-0.15, -0.1) is 0 Å². The topological polar surface area (TPSA) is 9.23 Å². The van der Waals surface area contributed by atoms with Crippen LogP contribution in [0.4, 0.5) is 0 Å². The summed E-state index contributed by atoms with van der Waals surface area (Å²) in [4.78, 5) is 2.40. The summed E-state index contributed by atoms with van der Waals surface area (Å²) >= 11 is 1.78. The van der Waals surface area contributed by atoms with Gasteiger partial charge in [0, 0.05) is 0 Å². The van der Waals surface area contributed by atoms with Gasteiger partial charge < -0.3 is 4.74 Å². The summed E-state index contributed by atoms with van der Waals surface area (Å²) in [6.07, 6.45) is 0. The van der Waals surface area contributed by atoms with Crippen molar-refractivity contribution >= 4 is 11.8 Å². The Morgan fingerprint density at radius 1 is 1.00 bits per heavy atom. The molecule has 2 aromatic rings. The summed E-state index contributed by atoms with van der Waals surface area (Å²) in [6, 6.07) is 12.6. The molecule has 0 radical (unpaired) electrons. The highest BCUT2D eigenvalue weighted by Gasteiger charge is 2.18. The smallest absolute Gasteiger partial charge is 0.144 e. The number of ether oxygens (including phenoxy) is 1. The summed E-state index contributed by atoms with van der Waals surface area (Å²) < 4.78 is 5.97. The fourth-order valence-electron chi connectivity index (χ4n) is 1.84. The molecule has 0 saturated heterocycles. The minimum Gasteiger partial charge on any atom is -0.455 e. The van der Waals surface area contributed by atoms with Crippen molar-refractivity contribution in [1.82, 2.24) is 0 Å². The van der Waals surface area contributed by atoms with Crippen LogP contribution in [0.3, 0.4) is 0 Å². The molecule has 0 N–H and O–H groups in total.